The molecule has 0 bridgehead atoms. The summed E-state index contributed by atoms with van der Waals surface area (Å²) in [5.74, 6) is -1.78. The second-order valence-corrected chi connectivity index (χ2v) is 8.03. The summed E-state index contributed by atoms with van der Waals surface area (Å²) in [6.45, 7) is 0.224. The number of amides is 1. The molecule has 0 aromatic heterocycles. The molecule has 2 aromatic carbocycles. The molecule has 2 aromatic rings. The summed E-state index contributed by atoms with van der Waals surface area (Å²) in [6, 6.07) is 6.70. The normalized spacial score (nSPS) is 11.2. The van der Waals surface area contributed by atoms with Crippen molar-refractivity contribution in [1.29, 1.82) is 0 Å². The van der Waals surface area contributed by atoms with Crippen LogP contribution in [0.1, 0.15) is 10.4 Å². The molecule has 1 amide bonds. The molecule has 0 heterocycles. The molecule has 0 saturated carbocycles. The van der Waals surface area contributed by atoms with Crippen LogP contribution in [0.4, 0.5) is 15.8 Å². The van der Waals surface area contributed by atoms with Crippen LogP contribution in [0.15, 0.2) is 45.8 Å². The monoisotopic (exact) mass is 475 g/mol. The Kier molecular flexibility index (Phi) is 7.18. The summed E-state index contributed by atoms with van der Waals surface area (Å²) < 4.78 is 45.4. The minimum atomic E-state index is -3.87. The third-order valence-corrected chi connectivity index (χ3v) is 5.64. The van der Waals surface area contributed by atoms with Gasteiger partial charge < -0.3 is 10.1 Å². The highest BCUT2D eigenvalue weighted by Gasteiger charge is 2.20. The highest BCUT2D eigenvalue weighted by molar-refractivity contribution is 9.10. The molecular weight excluding hydrogens is 461 g/mol. The highest BCUT2D eigenvalue weighted by atomic mass is 79.9. The number of benzene rings is 2. The van der Waals surface area contributed by atoms with Crippen LogP contribution in [0.25, 0.3) is 0 Å². The van der Waals surface area contributed by atoms with Crippen molar-refractivity contribution in [2.24, 2.45) is 0 Å². The second kappa shape index (κ2) is 9.19. The van der Waals surface area contributed by atoms with Crippen molar-refractivity contribution in [3.05, 3.63) is 62.4 Å². The first-order valence-corrected chi connectivity index (χ1v) is 9.97. The molecule has 2 N–H and O–H groups in total. The summed E-state index contributed by atoms with van der Waals surface area (Å²) in [4.78, 5) is 22.2. The molecule has 0 fully saturated rings. The van der Waals surface area contributed by atoms with Gasteiger partial charge in [-0.05, 0) is 46.3 Å². The van der Waals surface area contributed by atoms with E-state index in [0.717, 1.165) is 24.3 Å². The number of nitro benzene ring substituents is 1. The average molecular weight is 476 g/mol. The fourth-order valence-corrected chi connectivity index (χ4v) is 3.60. The number of nitrogens with zero attached hydrogens (tertiary/aromatic N) is 1. The first kappa shape index (κ1) is 21.9. The van der Waals surface area contributed by atoms with Crippen molar-refractivity contribution in [1.82, 2.24) is 4.72 Å². The van der Waals surface area contributed by atoms with Gasteiger partial charge in [0.15, 0.2) is 0 Å². The van der Waals surface area contributed by atoms with E-state index in [1.807, 2.05) is 0 Å². The molecular formula is C16H15BrFN3O6S. The number of ether oxygens (including phenoxy) is 1. The molecule has 0 spiro atoms. The molecule has 0 aliphatic carbocycles. The third-order valence-electron chi connectivity index (χ3n) is 3.49. The topological polar surface area (TPSA) is 128 Å². The van der Waals surface area contributed by atoms with Gasteiger partial charge in [-0.1, -0.05) is 0 Å². The number of nitro groups is 1. The number of carbonyl (C=O) groups excluding carboxylic acids is 1. The number of carbonyl (C=O) groups is 1. The van der Waals surface area contributed by atoms with Gasteiger partial charge >= 0.3 is 5.69 Å². The van der Waals surface area contributed by atoms with E-state index >= 15 is 0 Å². The SMILES string of the molecule is COCCNS(=O)(=O)c1ccc(Br)c(C(=O)Nc2ccc(F)c([N+](=O)[O-])c2)c1. The second-order valence-electron chi connectivity index (χ2n) is 5.41. The summed E-state index contributed by atoms with van der Waals surface area (Å²) >= 11 is 3.16. The average Bonchev–Trinajstić information content (AvgIpc) is 2.63. The quantitative estimate of drug-likeness (QED) is 0.343. The van der Waals surface area contributed by atoms with Crippen molar-refractivity contribution in [3.8, 4) is 0 Å². The summed E-state index contributed by atoms with van der Waals surface area (Å²) in [6.07, 6.45) is 0. The number of hydrogen-bond acceptors (Lipinski definition) is 6. The molecule has 0 aliphatic rings. The zero-order valence-corrected chi connectivity index (χ0v) is 16.8. The summed E-state index contributed by atoms with van der Waals surface area (Å²) in [7, 11) is -2.44. The molecule has 2 rings (SSSR count). The number of nitrogens with one attached hydrogen (secondary N) is 2. The van der Waals surface area contributed by atoms with Gasteiger partial charge in [-0.25, -0.2) is 13.1 Å². The predicted molar refractivity (Wildman–Crippen MR) is 102 cm³/mol. The lowest BCUT2D eigenvalue weighted by molar-refractivity contribution is -0.387. The van der Waals surface area contributed by atoms with Crippen LogP contribution in [0.5, 0.6) is 0 Å². The molecule has 0 unspecified atom stereocenters. The Morgan fingerprint density at radius 2 is 2.00 bits per heavy atom. The van der Waals surface area contributed by atoms with E-state index in [0.29, 0.717) is 4.47 Å². The number of halogens is 2. The van der Waals surface area contributed by atoms with Gasteiger partial charge in [0.1, 0.15) is 0 Å². The van der Waals surface area contributed by atoms with Crippen molar-refractivity contribution in [2.45, 2.75) is 4.90 Å². The molecule has 0 atom stereocenters. The first-order valence-electron chi connectivity index (χ1n) is 7.69. The zero-order chi connectivity index (χ0) is 20.9. The van der Waals surface area contributed by atoms with E-state index < -0.39 is 32.4 Å². The van der Waals surface area contributed by atoms with Gasteiger partial charge in [0.2, 0.25) is 15.8 Å². The largest absolute Gasteiger partial charge is 0.383 e. The summed E-state index contributed by atoms with van der Waals surface area (Å²) in [5.41, 5.74) is -0.839. The molecule has 0 saturated heterocycles. The lowest BCUT2D eigenvalue weighted by Crippen LogP contribution is -2.27. The number of hydrogen-bond donors (Lipinski definition) is 2. The minimum absolute atomic E-state index is 0.0171. The molecule has 150 valence electrons. The lowest BCUT2D eigenvalue weighted by atomic mass is 10.2. The van der Waals surface area contributed by atoms with E-state index in [1.165, 1.54) is 19.2 Å². The maximum atomic E-state index is 13.4. The van der Waals surface area contributed by atoms with Crippen molar-refractivity contribution in [3.63, 3.8) is 0 Å². The maximum Gasteiger partial charge on any atom is 0.306 e. The first-order chi connectivity index (χ1) is 13.2. The smallest absolute Gasteiger partial charge is 0.306 e. The number of sulfonamides is 1. The Morgan fingerprint density at radius 1 is 1.29 bits per heavy atom. The zero-order valence-electron chi connectivity index (χ0n) is 14.4. The van der Waals surface area contributed by atoms with Gasteiger partial charge in [0.25, 0.3) is 5.91 Å². The van der Waals surface area contributed by atoms with Gasteiger partial charge in [-0.2, -0.15) is 4.39 Å². The molecule has 12 heteroatoms. The van der Waals surface area contributed by atoms with Crippen molar-refractivity contribution >= 4 is 43.2 Å². The van der Waals surface area contributed by atoms with E-state index in [4.69, 9.17) is 4.74 Å². The van der Waals surface area contributed by atoms with Crippen LogP contribution in [-0.4, -0.2) is 39.5 Å². The fraction of sp³-hybridized carbons (Fsp3) is 0.188. The van der Waals surface area contributed by atoms with Crippen LogP contribution in [0, 0.1) is 15.9 Å². The summed E-state index contributed by atoms with van der Waals surface area (Å²) in [5, 5.41) is 13.2. The van der Waals surface area contributed by atoms with Crippen LogP contribution in [0.3, 0.4) is 0 Å². The van der Waals surface area contributed by atoms with Gasteiger partial charge in [0.05, 0.1) is 22.0 Å². The minimum Gasteiger partial charge on any atom is -0.383 e. The van der Waals surface area contributed by atoms with Crippen LogP contribution in [0.2, 0.25) is 0 Å². The molecule has 0 aliphatic heterocycles. The third kappa shape index (κ3) is 5.32. The van der Waals surface area contributed by atoms with Crippen LogP contribution in [-0.2, 0) is 14.8 Å². The van der Waals surface area contributed by atoms with Gasteiger partial charge in [-0.15, -0.1) is 0 Å². The number of methoxy groups -OCH3 is 1. The molecule has 0 radical (unpaired) electrons. The molecule has 28 heavy (non-hydrogen) atoms. The molecule has 9 nitrogen and oxygen atoms in total. The lowest BCUT2D eigenvalue weighted by Gasteiger charge is -2.10. The number of rotatable bonds is 8. The van der Waals surface area contributed by atoms with Crippen molar-refractivity contribution in [2.75, 3.05) is 25.6 Å². The highest BCUT2D eigenvalue weighted by Crippen LogP contribution is 2.25. The van der Waals surface area contributed by atoms with Gasteiger partial charge in [-0.3, -0.25) is 14.9 Å². The van der Waals surface area contributed by atoms with Crippen LogP contribution >= 0.6 is 15.9 Å². The van der Waals surface area contributed by atoms with Crippen LogP contribution < -0.4 is 10.0 Å². The fourth-order valence-electron chi connectivity index (χ4n) is 2.14. The van der Waals surface area contributed by atoms with E-state index in [-0.39, 0.29) is 29.3 Å². The predicted octanol–water partition coefficient (Wildman–Crippen LogP) is 2.67. The van der Waals surface area contributed by atoms with Gasteiger partial charge in [0, 0.05) is 29.9 Å². The van der Waals surface area contributed by atoms with E-state index in [2.05, 4.69) is 26.0 Å². The Bertz CT molecular complexity index is 1020. The Hall–Kier alpha value is -2.41. The Labute approximate surface area is 168 Å². The maximum absolute atomic E-state index is 13.4. The standard InChI is InChI=1S/C16H15BrFN3O6S/c1-27-7-6-19-28(25,26)11-3-4-13(17)12(9-11)16(22)20-10-2-5-14(18)15(8-10)21(23)24/h2-5,8-9,19H,6-7H2,1H3,(H,20,22). The van der Waals surface area contributed by atoms with E-state index in [9.17, 15) is 27.7 Å². The van der Waals surface area contributed by atoms with E-state index in [1.54, 1.807) is 0 Å². The number of anilines is 1. The Balaban J connectivity index is 2.29. The van der Waals surface area contributed by atoms with Crippen molar-refractivity contribution < 1.29 is 27.3 Å². The Morgan fingerprint density at radius 3 is 2.64 bits per heavy atom.